The summed E-state index contributed by atoms with van der Waals surface area (Å²) in [6.07, 6.45) is 1.41. The molecule has 0 aliphatic rings. The molecule has 0 unspecified atom stereocenters. The summed E-state index contributed by atoms with van der Waals surface area (Å²) in [5, 5.41) is 4.73. The molecule has 0 radical (unpaired) electrons. The quantitative estimate of drug-likeness (QED) is 0.374. The molecule has 0 saturated carbocycles. The first kappa shape index (κ1) is 23.6. The minimum absolute atomic E-state index is 0.00601. The van der Waals surface area contributed by atoms with Crippen molar-refractivity contribution in [3.8, 4) is 5.75 Å². The van der Waals surface area contributed by atoms with Crippen LogP contribution >= 0.6 is 23.2 Å². The van der Waals surface area contributed by atoms with Gasteiger partial charge in [-0.3, -0.25) is 9.10 Å². The smallest absolute Gasteiger partial charge is 0.264 e. The van der Waals surface area contributed by atoms with E-state index in [4.69, 9.17) is 27.9 Å². The highest BCUT2D eigenvalue weighted by Crippen LogP contribution is 2.27. The lowest BCUT2D eigenvalue weighted by Crippen LogP contribution is -2.39. The van der Waals surface area contributed by atoms with Crippen molar-refractivity contribution in [3.05, 3.63) is 88.4 Å². The maximum absolute atomic E-state index is 13.3. The van der Waals surface area contributed by atoms with Gasteiger partial charge in [0, 0.05) is 10.0 Å². The van der Waals surface area contributed by atoms with Gasteiger partial charge in [0.05, 0.1) is 23.9 Å². The van der Waals surface area contributed by atoms with Gasteiger partial charge in [-0.2, -0.15) is 5.10 Å². The van der Waals surface area contributed by atoms with Gasteiger partial charge in [-0.25, -0.2) is 13.8 Å². The Balaban J connectivity index is 1.85. The third-order valence-electron chi connectivity index (χ3n) is 4.28. The number of carbonyl (C=O) groups is 1. The molecular formula is C22H19Cl2N3O4S. The minimum Gasteiger partial charge on any atom is -0.497 e. The molecular weight excluding hydrogens is 473 g/mol. The number of sulfonamides is 1. The largest absolute Gasteiger partial charge is 0.497 e. The van der Waals surface area contributed by atoms with Crippen molar-refractivity contribution in [1.82, 2.24) is 5.43 Å². The molecule has 0 saturated heterocycles. The number of hydrogen-bond acceptors (Lipinski definition) is 5. The summed E-state index contributed by atoms with van der Waals surface area (Å²) in [4.78, 5) is 12.5. The number of methoxy groups -OCH3 is 1. The van der Waals surface area contributed by atoms with Crippen molar-refractivity contribution in [2.24, 2.45) is 5.10 Å². The third kappa shape index (κ3) is 6.00. The van der Waals surface area contributed by atoms with Gasteiger partial charge in [0.15, 0.2) is 0 Å². The second kappa shape index (κ2) is 10.5. The highest BCUT2D eigenvalue weighted by atomic mass is 35.5. The van der Waals surface area contributed by atoms with E-state index in [2.05, 4.69) is 10.5 Å². The first-order valence-electron chi connectivity index (χ1n) is 9.29. The summed E-state index contributed by atoms with van der Waals surface area (Å²) in [6, 6.07) is 19.0. The summed E-state index contributed by atoms with van der Waals surface area (Å²) in [6.45, 7) is -0.512. The number of anilines is 1. The standard InChI is InChI=1S/C22H19Cl2N3O4S/c1-31-20-8-10-21(11-9-20)32(29,30)27(19-7-3-6-18(24)13-19)15-22(28)26-25-14-16-4-2-5-17(23)12-16/h2-14H,15H2,1H3,(H,26,28)/b25-14-. The van der Waals surface area contributed by atoms with Gasteiger partial charge in [0.1, 0.15) is 12.3 Å². The van der Waals surface area contributed by atoms with E-state index in [1.807, 2.05) is 0 Å². The lowest BCUT2D eigenvalue weighted by molar-refractivity contribution is -0.119. The molecule has 166 valence electrons. The van der Waals surface area contributed by atoms with Gasteiger partial charge in [-0.1, -0.05) is 41.4 Å². The minimum atomic E-state index is -4.08. The Labute approximate surface area is 196 Å². The number of rotatable bonds is 8. The molecule has 3 aromatic carbocycles. The molecule has 3 aromatic rings. The van der Waals surface area contributed by atoms with Gasteiger partial charge in [0.25, 0.3) is 15.9 Å². The number of carbonyl (C=O) groups excluding carboxylic acids is 1. The topological polar surface area (TPSA) is 88.1 Å². The zero-order chi connectivity index (χ0) is 23.1. The lowest BCUT2D eigenvalue weighted by atomic mass is 10.2. The Kier molecular flexibility index (Phi) is 7.74. The van der Waals surface area contributed by atoms with Gasteiger partial charge < -0.3 is 4.74 Å². The Morgan fingerprint density at radius 2 is 1.69 bits per heavy atom. The molecule has 32 heavy (non-hydrogen) atoms. The summed E-state index contributed by atoms with van der Waals surface area (Å²) in [7, 11) is -2.60. The summed E-state index contributed by atoms with van der Waals surface area (Å²) < 4.78 is 32.7. The first-order valence-corrected chi connectivity index (χ1v) is 11.5. The van der Waals surface area contributed by atoms with Crippen LogP contribution in [-0.2, 0) is 14.8 Å². The van der Waals surface area contributed by atoms with Crippen molar-refractivity contribution in [3.63, 3.8) is 0 Å². The van der Waals surface area contributed by atoms with Gasteiger partial charge >= 0.3 is 0 Å². The molecule has 0 aliphatic heterocycles. The van der Waals surface area contributed by atoms with Crippen LogP contribution in [0.15, 0.2) is 82.8 Å². The Bertz CT molecular complexity index is 1230. The predicted molar refractivity (Wildman–Crippen MR) is 126 cm³/mol. The van der Waals surface area contributed by atoms with E-state index in [0.29, 0.717) is 21.4 Å². The SMILES string of the molecule is COc1ccc(S(=O)(=O)N(CC(=O)N/N=C\c2cccc(Cl)c2)c2cccc(Cl)c2)cc1. The van der Waals surface area contributed by atoms with E-state index in [1.165, 1.54) is 43.7 Å². The van der Waals surface area contributed by atoms with Crippen LogP contribution in [0.3, 0.4) is 0 Å². The second-order valence-electron chi connectivity index (χ2n) is 6.52. The van der Waals surface area contributed by atoms with Crippen LogP contribution in [-0.4, -0.2) is 34.2 Å². The van der Waals surface area contributed by atoms with Crippen molar-refractivity contribution < 1.29 is 17.9 Å². The van der Waals surface area contributed by atoms with Crippen LogP contribution in [0.4, 0.5) is 5.69 Å². The second-order valence-corrected chi connectivity index (χ2v) is 9.25. The molecule has 10 heteroatoms. The predicted octanol–water partition coefficient (Wildman–Crippen LogP) is 4.35. The van der Waals surface area contributed by atoms with Crippen molar-refractivity contribution in [2.75, 3.05) is 18.0 Å². The number of hydrazone groups is 1. The average Bonchev–Trinajstić information content (AvgIpc) is 2.77. The van der Waals surface area contributed by atoms with Crippen molar-refractivity contribution in [1.29, 1.82) is 0 Å². The molecule has 0 aromatic heterocycles. The van der Waals surface area contributed by atoms with Crippen LogP contribution in [0.1, 0.15) is 5.56 Å². The molecule has 0 aliphatic carbocycles. The zero-order valence-corrected chi connectivity index (χ0v) is 19.2. The molecule has 0 spiro atoms. The zero-order valence-electron chi connectivity index (χ0n) is 16.9. The van der Waals surface area contributed by atoms with Crippen LogP contribution < -0.4 is 14.5 Å². The highest BCUT2D eigenvalue weighted by molar-refractivity contribution is 7.92. The average molecular weight is 492 g/mol. The molecule has 0 bridgehead atoms. The monoisotopic (exact) mass is 491 g/mol. The normalized spacial score (nSPS) is 11.3. The number of ether oxygens (including phenoxy) is 1. The lowest BCUT2D eigenvalue weighted by Gasteiger charge is -2.24. The Morgan fingerprint density at radius 1 is 1.03 bits per heavy atom. The van der Waals surface area contributed by atoms with Crippen LogP contribution in [0.25, 0.3) is 0 Å². The molecule has 0 fully saturated rings. The summed E-state index contributed by atoms with van der Waals surface area (Å²) in [5.74, 6) is -0.133. The fourth-order valence-electron chi connectivity index (χ4n) is 2.75. The summed E-state index contributed by atoms with van der Waals surface area (Å²) in [5.41, 5.74) is 3.25. The van der Waals surface area contributed by atoms with Gasteiger partial charge in [-0.05, 0) is 60.2 Å². The highest BCUT2D eigenvalue weighted by Gasteiger charge is 2.27. The number of hydrogen-bond donors (Lipinski definition) is 1. The number of nitrogens with one attached hydrogen (secondary N) is 1. The number of benzene rings is 3. The molecule has 0 atom stereocenters. The third-order valence-corrected chi connectivity index (χ3v) is 6.54. The number of halogens is 2. The maximum atomic E-state index is 13.3. The number of nitrogens with zero attached hydrogens (tertiary/aromatic N) is 2. The first-order chi connectivity index (χ1) is 15.3. The Hall–Kier alpha value is -3.07. The van der Waals surface area contributed by atoms with E-state index in [0.717, 1.165) is 4.31 Å². The van der Waals surface area contributed by atoms with E-state index in [9.17, 15) is 13.2 Å². The van der Waals surface area contributed by atoms with Crippen LogP contribution in [0.5, 0.6) is 5.75 Å². The van der Waals surface area contributed by atoms with Crippen molar-refractivity contribution in [2.45, 2.75) is 4.90 Å². The molecule has 0 heterocycles. The Morgan fingerprint density at radius 3 is 2.31 bits per heavy atom. The molecule has 7 nitrogen and oxygen atoms in total. The summed E-state index contributed by atoms with van der Waals surface area (Å²) >= 11 is 12.0. The fourth-order valence-corrected chi connectivity index (χ4v) is 4.55. The van der Waals surface area contributed by atoms with E-state index in [1.54, 1.807) is 42.5 Å². The molecule has 1 amide bonds. The fraction of sp³-hybridized carbons (Fsp3) is 0.0909. The maximum Gasteiger partial charge on any atom is 0.264 e. The molecule has 1 N–H and O–H groups in total. The van der Waals surface area contributed by atoms with Gasteiger partial charge in [-0.15, -0.1) is 0 Å². The van der Waals surface area contributed by atoms with Crippen LogP contribution in [0, 0.1) is 0 Å². The number of amides is 1. The van der Waals surface area contributed by atoms with E-state index < -0.39 is 22.5 Å². The van der Waals surface area contributed by atoms with Crippen LogP contribution in [0.2, 0.25) is 10.0 Å². The van der Waals surface area contributed by atoms with E-state index >= 15 is 0 Å². The van der Waals surface area contributed by atoms with Gasteiger partial charge in [0.2, 0.25) is 0 Å². The van der Waals surface area contributed by atoms with Crippen molar-refractivity contribution >= 4 is 51.0 Å². The van der Waals surface area contributed by atoms with E-state index in [-0.39, 0.29) is 10.6 Å². The molecule has 3 rings (SSSR count).